The molecule has 8 heteroatoms. The summed E-state index contributed by atoms with van der Waals surface area (Å²) in [5, 5.41) is 2.85. The zero-order valence-corrected chi connectivity index (χ0v) is 13.4. The quantitative estimate of drug-likeness (QED) is 0.796. The van der Waals surface area contributed by atoms with E-state index in [1.807, 2.05) is 0 Å². The topological polar surface area (TPSA) is 52.7 Å². The van der Waals surface area contributed by atoms with E-state index in [1.54, 1.807) is 0 Å². The molecule has 24 heavy (non-hydrogen) atoms. The largest absolute Gasteiger partial charge is 0.406 e. The molecule has 1 heterocycles. The average Bonchev–Trinajstić information content (AvgIpc) is 2.54. The number of rotatable bonds is 3. The Morgan fingerprint density at radius 3 is 2.58 bits per heavy atom. The number of nitrogens with one attached hydrogen (secondary N) is 1. The minimum Gasteiger partial charge on any atom is -0.338 e. The monoisotopic (exact) mass is 345 g/mol. The van der Waals surface area contributed by atoms with E-state index >= 15 is 0 Å². The highest BCUT2D eigenvalue weighted by molar-refractivity contribution is 5.85. The standard InChI is InChI=1S/C16H22F3N3O2/c17-16(18,19)10-22-6-5-21(9-14(22)23)15(24)20-8-13-7-11-1-3-12(13)4-2-11/h1,3,11-13H,2,4-10H2,(H,20,24). The fourth-order valence-electron chi connectivity index (χ4n) is 3.88. The molecular weight excluding hydrogens is 323 g/mol. The van der Waals surface area contributed by atoms with Crippen LogP contribution in [0.5, 0.6) is 0 Å². The number of hydrogen-bond donors (Lipinski definition) is 1. The fourth-order valence-corrected chi connectivity index (χ4v) is 3.88. The number of halogens is 3. The third-order valence-electron chi connectivity index (χ3n) is 5.20. The molecular formula is C16H22F3N3O2. The predicted octanol–water partition coefficient (Wildman–Crippen LogP) is 2.00. The second-order valence-electron chi connectivity index (χ2n) is 6.92. The van der Waals surface area contributed by atoms with E-state index in [-0.39, 0.29) is 25.7 Å². The zero-order valence-electron chi connectivity index (χ0n) is 13.4. The molecule has 134 valence electrons. The van der Waals surface area contributed by atoms with Gasteiger partial charge in [-0.2, -0.15) is 13.2 Å². The van der Waals surface area contributed by atoms with E-state index in [9.17, 15) is 22.8 Å². The van der Waals surface area contributed by atoms with Gasteiger partial charge in [0.25, 0.3) is 0 Å². The van der Waals surface area contributed by atoms with Gasteiger partial charge in [0.15, 0.2) is 0 Å². The van der Waals surface area contributed by atoms with Gasteiger partial charge in [0.2, 0.25) is 5.91 Å². The molecule has 3 aliphatic carbocycles. The van der Waals surface area contributed by atoms with E-state index in [0.29, 0.717) is 24.3 Å². The molecule has 1 saturated carbocycles. The Morgan fingerprint density at radius 2 is 2.04 bits per heavy atom. The second kappa shape index (κ2) is 6.64. The van der Waals surface area contributed by atoms with Gasteiger partial charge in [-0.3, -0.25) is 4.79 Å². The molecule has 3 amide bonds. The van der Waals surface area contributed by atoms with Gasteiger partial charge in [0.05, 0.1) is 0 Å². The molecule has 0 aromatic rings. The minimum absolute atomic E-state index is 0.0807. The minimum atomic E-state index is -4.41. The maximum atomic E-state index is 12.4. The van der Waals surface area contributed by atoms with Gasteiger partial charge in [-0.15, -0.1) is 0 Å². The first-order chi connectivity index (χ1) is 11.3. The van der Waals surface area contributed by atoms with Crippen LogP contribution in [0.4, 0.5) is 18.0 Å². The lowest BCUT2D eigenvalue weighted by molar-refractivity contribution is -0.164. The van der Waals surface area contributed by atoms with E-state index in [0.717, 1.165) is 17.7 Å². The van der Waals surface area contributed by atoms with Gasteiger partial charge in [0.1, 0.15) is 13.1 Å². The first-order valence-electron chi connectivity index (χ1n) is 8.37. The molecule has 0 radical (unpaired) electrons. The molecule has 3 atom stereocenters. The summed E-state index contributed by atoms with van der Waals surface area (Å²) in [5.74, 6) is 0.859. The van der Waals surface area contributed by atoms with Crippen LogP contribution >= 0.6 is 0 Å². The van der Waals surface area contributed by atoms with Crippen LogP contribution in [0.3, 0.4) is 0 Å². The zero-order chi connectivity index (χ0) is 17.3. The molecule has 1 N–H and O–H groups in total. The lowest BCUT2D eigenvalue weighted by atomic mass is 9.69. The Morgan fingerprint density at radius 1 is 1.25 bits per heavy atom. The summed E-state index contributed by atoms with van der Waals surface area (Å²) in [4.78, 5) is 26.0. The molecule has 5 nitrogen and oxygen atoms in total. The lowest BCUT2D eigenvalue weighted by Gasteiger charge is -2.39. The van der Waals surface area contributed by atoms with Crippen molar-refractivity contribution in [3.05, 3.63) is 12.2 Å². The van der Waals surface area contributed by atoms with Gasteiger partial charge >= 0.3 is 12.2 Å². The summed E-state index contributed by atoms with van der Waals surface area (Å²) in [5.41, 5.74) is 0. The number of allylic oxidation sites excluding steroid dienone is 2. The van der Waals surface area contributed by atoms with Crippen molar-refractivity contribution in [2.24, 2.45) is 17.8 Å². The molecule has 0 aromatic heterocycles. The van der Waals surface area contributed by atoms with Crippen molar-refractivity contribution in [2.75, 3.05) is 32.7 Å². The number of hydrogen-bond acceptors (Lipinski definition) is 2. The van der Waals surface area contributed by atoms with Crippen molar-refractivity contribution in [1.29, 1.82) is 0 Å². The van der Waals surface area contributed by atoms with Crippen LogP contribution in [0.25, 0.3) is 0 Å². The summed E-state index contributed by atoms with van der Waals surface area (Å²) in [7, 11) is 0. The van der Waals surface area contributed by atoms with Crippen molar-refractivity contribution in [1.82, 2.24) is 15.1 Å². The lowest BCUT2D eigenvalue weighted by Crippen LogP contribution is -2.56. The Hall–Kier alpha value is -1.73. The average molecular weight is 345 g/mol. The Bertz CT molecular complexity index is 535. The highest BCUT2D eigenvalue weighted by atomic mass is 19.4. The third-order valence-corrected chi connectivity index (χ3v) is 5.20. The van der Waals surface area contributed by atoms with Gasteiger partial charge in [-0.25, -0.2) is 4.79 Å². The number of urea groups is 1. The Balaban J connectivity index is 1.45. The van der Waals surface area contributed by atoms with Crippen LogP contribution in [0.1, 0.15) is 19.3 Å². The number of nitrogens with zero attached hydrogens (tertiary/aromatic N) is 2. The molecule has 4 rings (SSSR count). The van der Waals surface area contributed by atoms with Gasteiger partial charge in [0, 0.05) is 19.6 Å². The molecule has 3 unspecified atom stereocenters. The van der Waals surface area contributed by atoms with E-state index in [1.165, 1.54) is 11.3 Å². The molecule has 1 aliphatic heterocycles. The van der Waals surface area contributed by atoms with Crippen LogP contribution < -0.4 is 5.32 Å². The summed E-state index contributed by atoms with van der Waals surface area (Å²) >= 11 is 0. The molecule has 2 bridgehead atoms. The first-order valence-corrected chi connectivity index (χ1v) is 8.37. The molecule has 4 aliphatic rings. The van der Waals surface area contributed by atoms with Crippen molar-refractivity contribution in [3.63, 3.8) is 0 Å². The number of alkyl halides is 3. The molecule has 2 fully saturated rings. The molecule has 0 spiro atoms. The Labute approximate surface area is 138 Å². The second-order valence-corrected chi connectivity index (χ2v) is 6.92. The molecule has 0 aromatic carbocycles. The van der Waals surface area contributed by atoms with E-state index < -0.39 is 18.6 Å². The summed E-state index contributed by atoms with van der Waals surface area (Å²) < 4.78 is 37.1. The molecule has 1 saturated heterocycles. The van der Waals surface area contributed by atoms with Crippen LogP contribution in [0.15, 0.2) is 12.2 Å². The number of piperazine rings is 1. The maximum absolute atomic E-state index is 12.4. The van der Waals surface area contributed by atoms with E-state index in [4.69, 9.17) is 0 Å². The van der Waals surface area contributed by atoms with Crippen molar-refractivity contribution >= 4 is 11.9 Å². The number of amides is 3. The van der Waals surface area contributed by atoms with Crippen molar-refractivity contribution < 1.29 is 22.8 Å². The van der Waals surface area contributed by atoms with Gasteiger partial charge < -0.3 is 15.1 Å². The van der Waals surface area contributed by atoms with Gasteiger partial charge in [-0.1, -0.05) is 12.2 Å². The normalized spacial score (nSPS) is 30.0. The highest BCUT2D eigenvalue weighted by Crippen LogP contribution is 2.39. The van der Waals surface area contributed by atoms with Gasteiger partial charge in [-0.05, 0) is 37.0 Å². The number of carbonyl (C=O) groups excluding carboxylic acids is 2. The smallest absolute Gasteiger partial charge is 0.338 e. The first kappa shape index (κ1) is 17.1. The summed E-state index contributed by atoms with van der Waals surface area (Å²) in [6, 6.07) is -0.361. The third kappa shape index (κ3) is 4.02. The van der Waals surface area contributed by atoms with Crippen molar-refractivity contribution in [3.8, 4) is 0 Å². The number of fused-ring (bicyclic) bond motifs is 2. The van der Waals surface area contributed by atoms with Crippen LogP contribution in [-0.2, 0) is 4.79 Å². The van der Waals surface area contributed by atoms with Crippen molar-refractivity contribution in [2.45, 2.75) is 25.4 Å². The fraction of sp³-hybridized carbons (Fsp3) is 0.750. The maximum Gasteiger partial charge on any atom is 0.406 e. The Kier molecular flexibility index (Phi) is 4.73. The predicted molar refractivity (Wildman–Crippen MR) is 81.1 cm³/mol. The summed E-state index contributed by atoms with van der Waals surface area (Å²) in [6.45, 7) is -0.939. The number of carbonyl (C=O) groups is 2. The van der Waals surface area contributed by atoms with Crippen LogP contribution in [0, 0.1) is 17.8 Å². The van der Waals surface area contributed by atoms with Crippen LogP contribution in [-0.4, -0.2) is 60.6 Å². The highest BCUT2D eigenvalue weighted by Gasteiger charge is 2.37. The summed E-state index contributed by atoms with van der Waals surface area (Å²) in [6.07, 6.45) is 3.50. The van der Waals surface area contributed by atoms with E-state index in [2.05, 4.69) is 17.5 Å². The van der Waals surface area contributed by atoms with Crippen LogP contribution in [0.2, 0.25) is 0 Å². The SMILES string of the molecule is O=C1CN(C(=O)NCC2CC3C=CC2CC3)CCN1CC(F)(F)F.